The lowest BCUT2D eigenvalue weighted by Gasteiger charge is -2.11. The summed E-state index contributed by atoms with van der Waals surface area (Å²) in [5.41, 5.74) is 1.98. The standard InChI is InChI=1S/C14H15ClIN3/c1-19(2)9-8-11-17-13(12(16)14(15)18-11)10-6-4-3-5-7-10/h3-7H,8-9H2,1-2H3. The summed E-state index contributed by atoms with van der Waals surface area (Å²) >= 11 is 8.41. The van der Waals surface area contributed by atoms with E-state index < -0.39 is 0 Å². The van der Waals surface area contributed by atoms with Crippen LogP contribution in [0, 0.1) is 3.57 Å². The molecule has 19 heavy (non-hydrogen) atoms. The zero-order valence-electron chi connectivity index (χ0n) is 10.9. The van der Waals surface area contributed by atoms with Gasteiger partial charge in [0, 0.05) is 18.5 Å². The second-order valence-corrected chi connectivity index (χ2v) is 5.95. The molecule has 100 valence electrons. The van der Waals surface area contributed by atoms with Crippen LogP contribution in [0.25, 0.3) is 11.3 Å². The van der Waals surface area contributed by atoms with Crippen molar-refractivity contribution in [3.8, 4) is 11.3 Å². The number of rotatable bonds is 4. The molecular weight excluding hydrogens is 373 g/mol. The predicted molar refractivity (Wildman–Crippen MR) is 87.5 cm³/mol. The van der Waals surface area contributed by atoms with Crippen LogP contribution in [0.1, 0.15) is 5.82 Å². The third-order valence-electron chi connectivity index (χ3n) is 2.69. The van der Waals surface area contributed by atoms with Gasteiger partial charge in [-0.1, -0.05) is 41.9 Å². The summed E-state index contributed by atoms with van der Waals surface area (Å²) < 4.78 is 0.902. The molecule has 2 aromatic rings. The molecule has 1 heterocycles. The Balaban J connectivity index is 2.38. The van der Waals surface area contributed by atoms with E-state index >= 15 is 0 Å². The lowest BCUT2D eigenvalue weighted by molar-refractivity contribution is 0.409. The van der Waals surface area contributed by atoms with Gasteiger partial charge in [0.2, 0.25) is 0 Å². The molecular formula is C14H15ClIN3. The van der Waals surface area contributed by atoms with E-state index in [0.29, 0.717) is 5.15 Å². The number of nitrogens with zero attached hydrogens (tertiary/aromatic N) is 3. The molecule has 0 aliphatic heterocycles. The van der Waals surface area contributed by atoms with Gasteiger partial charge in [-0.25, -0.2) is 9.97 Å². The maximum Gasteiger partial charge on any atom is 0.146 e. The maximum atomic E-state index is 6.21. The highest BCUT2D eigenvalue weighted by Gasteiger charge is 2.12. The number of hydrogen-bond acceptors (Lipinski definition) is 3. The van der Waals surface area contributed by atoms with E-state index in [-0.39, 0.29) is 0 Å². The van der Waals surface area contributed by atoms with E-state index in [0.717, 1.165) is 33.6 Å². The normalized spacial score (nSPS) is 11.0. The third kappa shape index (κ3) is 3.87. The molecule has 0 radical (unpaired) electrons. The Morgan fingerprint density at radius 3 is 2.47 bits per heavy atom. The first-order valence-electron chi connectivity index (χ1n) is 6.00. The van der Waals surface area contributed by atoms with Crippen LogP contribution in [0.15, 0.2) is 30.3 Å². The molecule has 0 amide bonds. The second-order valence-electron chi connectivity index (χ2n) is 4.51. The van der Waals surface area contributed by atoms with Crippen molar-refractivity contribution < 1.29 is 0 Å². The van der Waals surface area contributed by atoms with Crippen LogP contribution in [0.5, 0.6) is 0 Å². The molecule has 0 N–H and O–H groups in total. The lowest BCUT2D eigenvalue weighted by Crippen LogP contribution is -2.16. The summed E-state index contributed by atoms with van der Waals surface area (Å²) in [5.74, 6) is 0.790. The minimum atomic E-state index is 0.531. The SMILES string of the molecule is CN(C)CCc1nc(Cl)c(I)c(-c2ccccc2)n1. The summed E-state index contributed by atoms with van der Waals surface area (Å²) in [7, 11) is 4.07. The smallest absolute Gasteiger partial charge is 0.146 e. The molecule has 3 nitrogen and oxygen atoms in total. The maximum absolute atomic E-state index is 6.21. The van der Waals surface area contributed by atoms with Crippen molar-refractivity contribution in [3.05, 3.63) is 44.9 Å². The third-order valence-corrected chi connectivity index (χ3v) is 4.30. The first kappa shape index (κ1) is 14.7. The van der Waals surface area contributed by atoms with Gasteiger partial charge in [0.25, 0.3) is 0 Å². The highest BCUT2D eigenvalue weighted by atomic mass is 127. The monoisotopic (exact) mass is 387 g/mol. The molecule has 2 rings (SSSR count). The molecule has 1 aromatic heterocycles. The van der Waals surface area contributed by atoms with Crippen LogP contribution in [-0.2, 0) is 6.42 Å². The van der Waals surface area contributed by atoms with Gasteiger partial charge in [-0.05, 0) is 36.7 Å². The fourth-order valence-corrected chi connectivity index (χ4v) is 2.43. The van der Waals surface area contributed by atoms with Gasteiger partial charge in [0.15, 0.2) is 0 Å². The van der Waals surface area contributed by atoms with E-state index in [1.165, 1.54) is 0 Å². The number of halogens is 2. The van der Waals surface area contributed by atoms with E-state index in [9.17, 15) is 0 Å². The zero-order chi connectivity index (χ0) is 13.8. The minimum Gasteiger partial charge on any atom is -0.309 e. The highest BCUT2D eigenvalue weighted by Crippen LogP contribution is 2.27. The van der Waals surface area contributed by atoms with Crippen LogP contribution >= 0.6 is 34.2 Å². The van der Waals surface area contributed by atoms with Gasteiger partial charge in [-0.2, -0.15) is 0 Å². The molecule has 0 fully saturated rings. The fraction of sp³-hybridized carbons (Fsp3) is 0.286. The number of benzene rings is 1. The van der Waals surface area contributed by atoms with Crippen molar-refractivity contribution in [1.82, 2.24) is 14.9 Å². The number of hydrogen-bond donors (Lipinski definition) is 0. The average molecular weight is 388 g/mol. The van der Waals surface area contributed by atoms with Crippen molar-refractivity contribution in [2.45, 2.75) is 6.42 Å². The molecule has 0 aliphatic rings. The molecule has 0 unspecified atom stereocenters. The number of aromatic nitrogens is 2. The Morgan fingerprint density at radius 1 is 1.16 bits per heavy atom. The van der Waals surface area contributed by atoms with E-state index in [1.54, 1.807) is 0 Å². The lowest BCUT2D eigenvalue weighted by atomic mass is 10.1. The van der Waals surface area contributed by atoms with Gasteiger partial charge in [-0.3, -0.25) is 0 Å². The molecule has 0 bridgehead atoms. The number of likely N-dealkylation sites (N-methyl/N-ethyl adjacent to an activating group) is 1. The minimum absolute atomic E-state index is 0.531. The van der Waals surface area contributed by atoms with Gasteiger partial charge >= 0.3 is 0 Å². The summed E-state index contributed by atoms with van der Waals surface area (Å²) in [4.78, 5) is 11.1. The molecule has 0 aliphatic carbocycles. The second kappa shape index (κ2) is 6.63. The quantitative estimate of drug-likeness (QED) is 0.594. The topological polar surface area (TPSA) is 29.0 Å². The van der Waals surface area contributed by atoms with Crippen LogP contribution in [-0.4, -0.2) is 35.5 Å². The Hall–Kier alpha value is -0.720. The Bertz CT molecular complexity index is 558. The molecule has 1 aromatic carbocycles. The Labute approximate surface area is 132 Å². The summed E-state index contributed by atoms with van der Waals surface area (Å²) in [6, 6.07) is 10.1. The molecule has 0 saturated carbocycles. The van der Waals surface area contributed by atoms with Gasteiger partial charge in [0.1, 0.15) is 11.0 Å². The van der Waals surface area contributed by atoms with Crippen molar-refractivity contribution in [1.29, 1.82) is 0 Å². The van der Waals surface area contributed by atoms with Crippen LogP contribution in [0.3, 0.4) is 0 Å². The van der Waals surface area contributed by atoms with E-state index in [1.807, 2.05) is 44.4 Å². The zero-order valence-corrected chi connectivity index (χ0v) is 13.8. The first-order chi connectivity index (χ1) is 9.08. The van der Waals surface area contributed by atoms with Crippen LogP contribution < -0.4 is 0 Å². The average Bonchev–Trinajstić information content (AvgIpc) is 2.41. The van der Waals surface area contributed by atoms with Crippen molar-refractivity contribution in [2.24, 2.45) is 0 Å². The van der Waals surface area contributed by atoms with Crippen LogP contribution in [0.2, 0.25) is 5.15 Å². The molecule has 0 saturated heterocycles. The van der Waals surface area contributed by atoms with Gasteiger partial charge < -0.3 is 4.90 Å². The summed E-state index contributed by atoms with van der Waals surface area (Å²) in [6.45, 7) is 0.908. The molecule has 0 spiro atoms. The van der Waals surface area contributed by atoms with Gasteiger partial charge in [-0.15, -0.1) is 0 Å². The molecule has 5 heteroatoms. The highest BCUT2D eigenvalue weighted by molar-refractivity contribution is 14.1. The van der Waals surface area contributed by atoms with Crippen LogP contribution in [0.4, 0.5) is 0 Å². The van der Waals surface area contributed by atoms with Gasteiger partial charge in [0.05, 0.1) is 9.26 Å². The first-order valence-corrected chi connectivity index (χ1v) is 7.45. The van der Waals surface area contributed by atoms with Crippen molar-refractivity contribution in [3.63, 3.8) is 0 Å². The van der Waals surface area contributed by atoms with E-state index in [2.05, 4.69) is 37.5 Å². The fourth-order valence-electron chi connectivity index (χ4n) is 1.69. The van der Waals surface area contributed by atoms with E-state index in [4.69, 9.17) is 11.6 Å². The van der Waals surface area contributed by atoms with Crippen molar-refractivity contribution >= 4 is 34.2 Å². The summed E-state index contributed by atoms with van der Waals surface area (Å²) in [5, 5.41) is 0.531. The predicted octanol–water partition coefficient (Wildman–Crippen LogP) is 3.51. The Morgan fingerprint density at radius 2 is 1.84 bits per heavy atom. The summed E-state index contributed by atoms with van der Waals surface area (Å²) in [6.07, 6.45) is 0.795. The van der Waals surface area contributed by atoms with Crippen molar-refractivity contribution in [2.75, 3.05) is 20.6 Å². The molecule has 0 atom stereocenters. The Kier molecular flexibility index (Phi) is 5.13. The largest absolute Gasteiger partial charge is 0.309 e.